The van der Waals surface area contributed by atoms with E-state index in [0.717, 1.165) is 0 Å². The number of rotatable bonds is 2. The minimum atomic E-state index is -0.418. The molecule has 0 saturated heterocycles. The zero-order chi connectivity index (χ0) is 12.5. The summed E-state index contributed by atoms with van der Waals surface area (Å²) in [4.78, 5) is 0. The van der Waals surface area contributed by atoms with E-state index in [-0.39, 0.29) is 16.9 Å². The fourth-order valence-corrected chi connectivity index (χ4v) is 1.66. The molecule has 0 aromatic heterocycles. The summed E-state index contributed by atoms with van der Waals surface area (Å²) in [6.45, 7) is 9.78. The average Bonchev–Trinajstić information content (AvgIpc) is 2.09. The summed E-state index contributed by atoms with van der Waals surface area (Å²) >= 11 is 0. The van der Waals surface area contributed by atoms with Crippen molar-refractivity contribution in [3.63, 3.8) is 0 Å². The molecule has 0 unspecified atom stereocenters. The molecule has 0 fully saturated rings. The Balaban J connectivity index is 3.13. The van der Waals surface area contributed by atoms with E-state index < -0.39 is 11.6 Å². The highest BCUT2D eigenvalue weighted by atomic mass is 19.1. The maximum atomic E-state index is 13.8. The summed E-state index contributed by atoms with van der Waals surface area (Å²) in [6, 6.07) is 2.91. The van der Waals surface area contributed by atoms with Crippen LogP contribution < -0.4 is 0 Å². The van der Waals surface area contributed by atoms with Crippen LogP contribution in [-0.2, 0) is 6.42 Å². The molecule has 0 saturated carbocycles. The van der Waals surface area contributed by atoms with Gasteiger partial charge >= 0.3 is 0 Å². The van der Waals surface area contributed by atoms with Crippen molar-refractivity contribution in [2.45, 2.75) is 47.0 Å². The second kappa shape index (κ2) is 4.52. The van der Waals surface area contributed by atoms with Crippen molar-refractivity contribution in [3.05, 3.63) is 34.9 Å². The predicted octanol–water partition coefficient (Wildman–Crippen LogP) is 4.68. The molecular weight excluding hydrogens is 206 g/mol. The second-order valence-corrected chi connectivity index (χ2v) is 5.86. The Labute approximate surface area is 96.7 Å². The van der Waals surface area contributed by atoms with E-state index >= 15 is 0 Å². The van der Waals surface area contributed by atoms with E-state index in [2.05, 4.69) is 0 Å². The molecule has 0 radical (unpaired) electrons. The maximum Gasteiger partial charge on any atom is 0.129 e. The van der Waals surface area contributed by atoms with Gasteiger partial charge in [0.25, 0.3) is 0 Å². The fourth-order valence-electron chi connectivity index (χ4n) is 1.66. The van der Waals surface area contributed by atoms with Crippen LogP contribution >= 0.6 is 0 Å². The molecule has 0 heterocycles. The third-order valence-corrected chi connectivity index (χ3v) is 2.54. The summed E-state index contributed by atoms with van der Waals surface area (Å²) in [7, 11) is 0. The minimum Gasteiger partial charge on any atom is -0.207 e. The molecule has 0 aliphatic carbocycles. The van der Waals surface area contributed by atoms with Gasteiger partial charge in [0, 0.05) is 5.56 Å². The molecule has 16 heavy (non-hydrogen) atoms. The van der Waals surface area contributed by atoms with Crippen molar-refractivity contribution < 1.29 is 8.78 Å². The molecule has 1 aromatic carbocycles. The highest BCUT2D eigenvalue weighted by Crippen LogP contribution is 2.27. The summed E-state index contributed by atoms with van der Waals surface area (Å²) in [5.41, 5.74) is 0.811. The van der Waals surface area contributed by atoms with Gasteiger partial charge < -0.3 is 0 Å². The molecule has 0 aliphatic rings. The van der Waals surface area contributed by atoms with Crippen LogP contribution in [0.25, 0.3) is 0 Å². The Kier molecular flexibility index (Phi) is 3.72. The van der Waals surface area contributed by atoms with Crippen LogP contribution in [0.15, 0.2) is 12.1 Å². The van der Waals surface area contributed by atoms with Crippen LogP contribution in [0.1, 0.15) is 51.7 Å². The molecule has 0 atom stereocenters. The van der Waals surface area contributed by atoms with E-state index in [1.54, 1.807) is 0 Å². The smallest absolute Gasteiger partial charge is 0.129 e. The first kappa shape index (κ1) is 13.1. The lowest BCUT2D eigenvalue weighted by atomic mass is 9.87. The predicted molar refractivity (Wildman–Crippen MR) is 63.6 cm³/mol. The first-order chi connectivity index (χ1) is 7.20. The fraction of sp³-hybridized carbons (Fsp3) is 0.571. The molecule has 0 spiro atoms. The number of hydrogen-bond donors (Lipinski definition) is 0. The first-order valence-electron chi connectivity index (χ1n) is 5.68. The molecule has 2 heteroatoms. The number of benzene rings is 1. The van der Waals surface area contributed by atoms with Crippen LogP contribution in [0, 0.1) is 17.0 Å². The van der Waals surface area contributed by atoms with Crippen LogP contribution in [0.3, 0.4) is 0 Å². The van der Waals surface area contributed by atoms with Crippen molar-refractivity contribution in [2.75, 3.05) is 0 Å². The normalized spacial score (nSPS) is 12.2. The second-order valence-electron chi connectivity index (χ2n) is 5.86. The maximum absolute atomic E-state index is 13.8. The van der Waals surface area contributed by atoms with Crippen molar-refractivity contribution in [3.8, 4) is 0 Å². The summed E-state index contributed by atoms with van der Waals surface area (Å²) in [5.74, 6) is -0.690. The van der Waals surface area contributed by atoms with E-state index in [1.807, 2.05) is 34.6 Å². The Morgan fingerprint density at radius 2 is 1.50 bits per heavy atom. The number of hydrogen-bond acceptors (Lipinski definition) is 0. The lowest BCUT2D eigenvalue weighted by molar-refractivity contribution is 0.390. The van der Waals surface area contributed by atoms with E-state index in [9.17, 15) is 8.78 Å². The van der Waals surface area contributed by atoms with Gasteiger partial charge in [-0.05, 0) is 35.4 Å². The highest BCUT2D eigenvalue weighted by Gasteiger charge is 2.19. The third-order valence-electron chi connectivity index (χ3n) is 2.54. The SMILES string of the molecule is CC(C)c1cc(F)c(CC(C)(C)C)c(F)c1. The lowest BCUT2D eigenvalue weighted by Gasteiger charge is -2.19. The van der Waals surface area contributed by atoms with Gasteiger partial charge in [0.05, 0.1) is 0 Å². The van der Waals surface area contributed by atoms with Crippen molar-refractivity contribution in [2.24, 2.45) is 5.41 Å². The first-order valence-corrected chi connectivity index (χ1v) is 5.68. The van der Waals surface area contributed by atoms with Gasteiger partial charge in [0.1, 0.15) is 11.6 Å². The molecule has 0 N–H and O–H groups in total. The van der Waals surface area contributed by atoms with E-state index in [1.165, 1.54) is 12.1 Å². The van der Waals surface area contributed by atoms with Gasteiger partial charge in [-0.15, -0.1) is 0 Å². The van der Waals surface area contributed by atoms with Gasteiger partial charge in [-0.25, -0.2) is 8.78 Å². The molecule has 1 aromatic rings. The molecule has 1 rings (SSSR count). The van der Waals surface area contributed by atoms with Gasteiger partial charge in [0.2, 0.25) is 0 Å². The molecule has 0 nitrogen and oxygen atoms in total. The number of halogens is 2. The van der Waals surface area contributed by atoms with Gasteiger partial charge in [0.15, 0.2) is 0 Å². The topological polar surface area (TPSA) is 0 Å². The Hall–Kier alpha value is -0.920. The van der Waals surface area contributed by atoms with Crippen LogP contribution in [0.5, 0.6) is 0 Å². The lowest BCUT2D eigenvalue weighted by Crippen LogP contribution is -2.12. The van der Waals surface area contributed by atoms with Crippen molar-refractivity contribution in [1.29, 1.82) is 0 Å². The van der Waals surface area contributed by atoms with Crippen LogP contribution in [0.4, 0.5) is 8.78 Å². The van der Waals surface area contributed by atoms with Crippen molar-refractivity contribution >= 4 is 0 Å². The monoisotopic (exact) mass is 226 g/mol. The van der Waals surface area contributed by atoms with E-state index in [0.29, 0.717) is 12.0 Å². The van der Waals surface area contributed by atoms with E-state index in [4.69, 9.17) is 0 Å². The molecule has 0 bridgehead atoms. The molecule has 90 valence electrons. The van der Waals surface area contributed by atoms with Gasteiger partial charge in [-0.3, -0.25) is 0 Å². The largest absolute Gasteiger partial charge is 0.207 e. The summed E-state index contributed by atoms with van der Waals surface area (Å²) < 4.78 is 27.5. The Morgan fingerprint density at radius 3 is 1.81 bits per heavy atom. The Morgan fingerprint density at radius 1 is 1.06 bits per heavy atom. The van der Waals surface area contributed by atoms with Gasteiger partial charge in [-0.1, -0.05) is 34.6 Å². The standard InChI is InChI=1S/C14H20F2/c1-9(2)10-6-12(15)11(13(16)7-10)8-14(3,4)5/h6-7,9H,8H2,1-5H3. The molecule has 0 aliphatic heterocycles. The zero-order valence-corrected chi connectivity index (χ0v) is 10.7. The highest BCUT2D eigenvalue weighted by molar-refractivity contribution is 5.28. The van der Waals surface area contributed by atoms with Crippen molar-refractivity contribution in [1.82, 2.24) is 0 Å². The van der Waals surface area contributed by atoms with Gasteiger partial charge in [-0.2, -0.15) is 0 Å². The van der Waals surface area contributed by atoms with Crippen LogP contribution in [0.2, 0.25) is 0 Å². The average molecular weight is 226 g/mol. The zero-order valence-electron chi connectivity index (χ0n) is 10.7. The minimum absolute atomic E-state index is 0.110. The Bertz CT molecular complexity index is 350. The third kappa shape index (κ3) is 3.29. The quantitative estimate of drug-likeness (QED) is 0.687. The molecular formula is C14H20F2. The summed E-state index contributed by atoms with van der Waals surface area (Å²) in [6.07, 6.45) is 0.420. The van der Waals surface area contributed by atoms with Crippen LogP contribution in [-0.4, -0.2) is 0 Å². The summed E-state index contributed by atoms with van der Waals surface area (Å²) in [5, 5.41) is 0. The molecule has 0 amide bonds.